The Morgan fingerprint density at radius 2 is 2.00 bits per heavy atom. The number of rotatable bonds is 3. The van der Waals surface area contributed by atoms with Crippen molar-refractivity contribution in [3.05, 3.63) is 0 Å². The van der Waals surface area contributed by atoms with Gasteiger partial charge in [-0.15, -0.1) is 0 Å². The molecule has 0 aromatic rings. The van der Waals surface area contributed by atoms with E-state index >= 15 is 0 Å². The second-order valence-corrected chi connectivity index (χ2v) is 3.81. The molecule has 0 bridgehead atoms. The van der Waals surface area contributed by atoms with Crippen molar-refractivity contribution in [2.75, 3.05) is 13.7 Å². The van der Waals surface area contributed by atoms with Crippen LogP contribution >= 0.6 is 0 Å². The van der Waals surface area contributed by atoms with Crippen LogP contribution in [0.3, 0.4) is 0 Å². The van der Waals surface area contributed by atoms with Crippen LogP contribution in [0, 0.1) is 5.92 Å². The summed E-state index contributed by atoms with van der Waals surface area (Å²) in [7, 11) is 1.58. The number of nitrogens with two attached hydrogens (primary N) is 1. The SMILES string of the molecule is COCC(N)C1CCC(F)(F)CC1. The van der Waals surface area contributed by atoms with Gasteiger partial charge in [0.15, 0.2) is 0 Å². The molecule has 1 aliphatic rings. The second-order valence-electron chi connectivity index (χ2n) is 3.81. The first kappa shape index (κ1) is 10.9. The standard InChI is InChI=1S/C9H17F2NO/c1-13-6-8(12)7-2-4-9(10,11)5-3-7/h7-8H,2-6,12H2,1H3. The Labute approximate surface area is 77.4 Å². The first-order valence-corrected chi connectivity index (χ1v) is 4.67. The van der Waals surface area contributed by atoms with Gasteiger partial charge in [-0.05, 0) is 18.8 Å². The van der Waals surface area contributed by atoms with Crippen LogP contribution in [0.4, 0.5) is 8.78 Å². The Hall–Kier alpha value is -0.220. The highest BCUT2D eigenvalue weighted by Gasteiger charge is 2.36. The average Bonchev–Trinajstić information content (AvgIpc) is 2.04. The molecule has 0 amide bonds. The highest BCUT2D eigenvalue weighted by Crippen LogP contribution is 2.36. The Balaban J connectivity index is 2.32. The Kier molecular flexibility index (Phi) is 3.62. The molecule has 2 N–H and O–H groups in total. The zero-order valence-corrected chi connectivity index (χ0v) is 7.93. The summed E-state index contributed by atoms with van der Waals surface area (Å²) in [5.74, 6) is -2.25. The van der Waals surface area contributed by atoms with Gasteiger partial charge in [-0.1, -0.05) is 0 Å². The lowest BCUT2D eigenvalue weighted by Crippen LogP contribution is -2.38. The van der Waals surface area contributed by atoms with Crippen molar-refractivity contribution in [3.63, 3.8) is 0 Å². The van der Waals surface area contributed by atoms with Crippen LogP contribution in [0.1, 0.15) is 25.7 Å². The van der Waals surface area contributed by atoms with Gasteiger partial charge >= 0.3 is 0 Å². The van der Waals surface area contributed by atoms with E-state index in [2.05, 4.69) is 0 Å². The molecule has 78 valence electrons. The van der Waals surface area contributed by atoms with E-state index in [9.17, 15) is 8.78 Å². The van der Waals surface area contributed by atoms with E-state index in [1.54, 1.807) is 7.11 Å². The van der Waals surface area contributed by atoms with Gasteiger partial charge in [-0.2, -0.15) is 0 Å². The highest BCUT2D eigenvalue weighted by molar-refractivity contribution is 4.82. The fraction of sp³-hybridized carbons (Fsp3) is 1.00. The molecule has 0 aromatic heterocycles. The van der Waals surface area contributed by atoms with Gasteiger partial charge in [0.05, 0.1) is 6.61 Å². The first-order chi connectivity index (χ1) is 6.05. The maximum Gasteiger partial charge on any atom is 0.248 e. The lowest BCUT2D eigenvalue weighted by Gasteiger charge is -2.31. The van der Waals surface area contributed by atoms with E-state index in [1.807, 2.05) is 0 Å². The fourth-order valence-corrected chi connectivity index (χ4v) is 1.82. The lowest BCUT2D eigenvalue weighted by atomic mass is 9.82. The molecule has 0 aliphatic heterocycles. The topological polar surface area (TPSA) is 35.2 Å². The minimum absolute atomic E-state index is 0.0188. The molecule has 13 heavy (non-hydrogen) atoms. The molecule has 1 fully saturated rings. The normalized spacial score (nSPS) is 25.8. The van der Waals surface area contributed by atoms with Gasteiger partial charge in [0.25, 0.3) is 0 Å². The van der Waals surface area contributed by atoms with E-state index in [-0.39, 0.29) is 24.8 Å². The van der Waals surface area contributed by atoms with E-state index in [0.29, 0.717) is 19.4 Å². The second kappa shape index (κ2) is 4.33. The van der Waals surface area contributed by atoms with Crippen molar-refractivity contribution in [2.45, 2.75) is 37.6 Å². The summed E-state index contributed by atoms with van der Waals surface area (Å²) in [4.78, 5) is 0. The number of hydrogen-bond acceptors (Lipinski definition) is 2. The van der Waals surface area contributed by atoms with Gasteiger partial charge < -0.3 is 10.5 Å². The van der Waals surface area contributed by atoms with Crippen molar-refractivity contribution >= 4 is 0 Å². The molecule has 1 unspecified atom stereocenters. The van der Waals surface area contributed by atoms with Crippen LogP contribution < -0.4 is 5.73 Å². The maximum atomic E-state index is 12.8. The smallest absolute Gasteiger partial charge is 0.248 e. The third-order valence-electron chi connectivity index (χ3n) is 2.73. The van der Waals surface area contributed by atoms with E-state index in [0.717, 1.165) is 0 Å². The monoisotopic (exact) mass is 193 g/mol. The Bertz CT molecular complexity index is 154. The van der Waals surface area contributed by atoms with Gasteiger partial charge in [0.1, 0.15) is 0 Å². The van der Waals surface area contributed by atoms with Crippen LogP contribution in [0.2, 0.25) is 0 Å². The summed E-state index contributed by atoms with van der Waals surface area (Å²) < 4.78 is 30.4. The molecule has 1 saturated carbocycles. The van der Waals surface area contributed by atoms with Gasteiger partial charge in [-0.25, -0.2) is 8.78 Å². The molecule has 1 atom stereocenters. The molecule has 0 spiro atoms. The number of halogens is 2. The summed E-state index contributed by atoms with van der Waals surface area (Å²) in [6.45, 7) is 0.468. The summed E-state index contributed by atoms with van der Waals surface area (Å²) in [5.41, 5.74) is 5.78. The quantitative estimate of drug-likeness (QED) is 0.741. The zero-order chi connectivity index (χ0) is 9.90. The Morgan fingerprint density at radius 3 is 2.46 bits per heavy atom. The molecule has 0 radical (unpaired) electrons. The summed E-state index contributed by atoms with van der Waals surface area (Å²) >= 11 is 0. The largest absolute Gasteiger partial charge is 0.383 e. The van der Waals surface area contributed by atoms with Crippen LogP contribution in [0.15, 0.2) is 0 Å². The predicted octanol–water partition coefficient (Wildman–Crippen LogP) is 1.79. The van der Waals surface area contributed by atoms with Crippen LogP contribution in [-0.4, -0.2) is 25.7 Å². The number of ether oxygens (including phenoxy) is 1. The molecule has 2 nitrogen and oxygen atoms in total. The molecule has 1 rings (SSSR count). The van der Waals surface area contributed by atoms with Crippen molar-refractivity contribution in [2.24, 2.45) is 11.7 Å². The van der Waals surface area contributed by atoms with E-state index in [4.69, 9.17) is 10.5 Å². The van der Waals surface area contributed by atoms with Crippen molar-refractivity contribution < 1.29 is 13.5 Å². The van der Waals surface area contributed by atoms with Crippen LogP contribution in [-0.2, 0) is 4.74 Å². The van der Waals surface area contributed by atoms with Crippen molar-refractivity contribution in [3.8, 4) is 0 Å². The van der Waals surface area contributed by atoms with Crippen molar-refractivity contribution in [1.29, 1.82) is 0 Å². The van der Waals surface area contributed by atoms with Gasteiger partial charge in [-0.3, -0.25) is 0 Å². The van der Waals surface area contributed by atoms with Crippen LogP contribution in [0.5, 0.6) is 0 Å². The molecular weight excluding hydrogens is 176 g/mol. The fourth-order valence-electron chi connectivity index (χ4n) is 1.82. The first-order valence-electron chi connectivity index (χ1n) is 4.67. The minimum atomic E-state index is -2.46. The third kappa shape index (κ3) is 3.19. The highest BCUT2D eigenvalue weighted by atomic mass is 19.3. The average molecular weight is 193 g/mol. The number of alkyl halides is 2. The van der Waals surface area contributed by atoms with Crippen molar-refractivity contribution in [1.82, 2.24) is 0 Å². The number of hydrogen-bond donors (Lipinski definition) is 1. The number of methoxy groups -OCH3 is 1. The summed E-state index contributed by atoms with van der Waals surface area (Å²) in [6, 6.07) is -0.0823. The molecule has 0 aromatic carbocycles. The molecular formula is C9H17F2NO. The van der Waals surface area contributed by atoms with Crippen LogP contribution in [0.25, 0.3) is 0 Å². The van der Waals surface area contributed by atoms with Gasteiger partial charge in [0.2, 0.25) is 5.92 Å². The summed E-state index contributed by atoms with van der Waals surface area (Å²) in [6.07, 6.45) is 1.01. The third-order valence-corrected chi connectivity index (χ3v) is 2.73. The van der Waals surface area contributed by atoms with E-state index in [1.165, 1.54) is 0 Å². The molecule has 0 saturated heterocycles. The maximum absolute atomic E-state index is 12.8. The summed E-state index contributed by atoms with van der Waals surface area (Å²) in [5, 5.41) is 0. The van der Waals surface area contributed by atoms with E-state index < -0.39 is 5.92 Å². The predicted molar refractivity (Wildman–Crippen MR) is 46.8 cm³/mol. The minimum Gasteiger partial charge on any atom is -0.383 e. The Morgan fingerprint density at radius 1 is 1.46 bits per heavy atom. The van der Waals surface area contributed by atoms with Gasteiger partial charge in [0, 0.05) is 26.0 Å². The lowest BCUT2D eigenvalue weighted by molar-refractivity contribution is -0.0506. The molecule has 0 heterocycles. The zero-order valence-electron chi connectivity index (χ0n) is 7.93. The molecule has 1 aliphatic carbocycles. The molecule has 4 heteroatoms.